The van der Waals surface area contributed by atoms with Crippen LogP contribution in [0.2, 0.25) is 0 Å². The van der Waals surface area contributed by atoms with Gasteiger partial charge in [0, 0.05) is 5.25 Å². The van der Waals surface area contributed by atoms with Gasteiger partial charge < -0.3 is 5.11 Å². The number of hydrogen-bond acceptors (Lipinski definition) is 2. The Hall–Kier alpha value is -1.25. The van der Waals surface area contributed by atoms with Gasteiger partial charge in [-0.05, 0) is 35.3 Å². The van der Waals surface area contributed by atoms with Crippen LogP contribution in [0.25, 0.3) is 11.1 Å². The fourth-order valence-corrected chi connectivity index (χ4v) is 4.08. The highest BCUT2D eigenvalue weighted by molar-refractivity contribution is 7.99. The van der Waals surface area contributed by atoms with Gasteiger partial charge in [0.2, 0.25) is 0 Å². The van der Waals surface area contributed by atoms with Crippen molar-refractivity contribution < 1.29 is 5.11 Å². The van der Waals surface area contributed by atoms with E-state index in [1.165, 1.54) is 29.7 Å². The standard InChI is InChI=1S/C18H20OS/c19-18(17-8-4-5-13-20-17)16-11-9-15(10-12-16)14-6-2-1-3-7-14/h1-3,6-7,9-12,17-19H,4-5,8,13H2. The summed E-state index contributed by atoms with van der Waals surface area (Å²) in [5.41, 5.74) is 3.47. The first kappa shape index (κ1) is 13.7. The highest BCUT2D eigenvalue weighted by Crippen LogP contribution is 2.35. The summed E-state index contributed by atoms with van der Waals surface area (Å²) in [6, 6.07) is 18.7. The molecule has 1 nitrogen and oxygen atoms in total. The van der Waals surface area contributed by atoms with Crippen LogP contribution in [-0.4, -0.2) is 16.1 Å². The number of aliphatic hydroxyl groups is 1. The van der Waals surface area contributed by atoms with Crippen molar-refractivity contribution in [2.75, 3.05) is 5.75 Å². The average molecular weight is 284 g/mol. The molecule has 1 N–H and O–H groups in total. The van der Waals surface area contributed by atoms with E-state index in [0.717, 1.165) is 12.0 Å². The minimum atomic E-state index is -0.329. The summed E-state index contributed by atoms with van der Waals surface area (Å²) < 4.78 is 0. The summed E-state index contributed by atoms with van der Waals surface area (Å²) in [6.45, 7) is 0. The summed E-state index contributed by atoms with van der Waals surface area (Å²) in [4.78, 5) is 0. The molecule has 1 saturated heterocycles. The predicted molar refractivity (Wildman–Crippen MR) is 86.9 cm³/mol. The zero-order chi connectivity index (χ0) is 13.8. The maximum atomic E-state index is 10.5. The van der Waals surface area contributed by atoms with E-state index in [4.69, 9.17) is 0 Å². The largest absolute Gasteiger partial charge is 0.387 e. The van der Waals surface area contributed by atoms with Gasteiger partial charge in [-0.3, -0.25) is 0 Å². The second kappa shape index (κ2) is 6.47. The minimum Gasteiger partial charge on any atom is -0.387 e. The Morgan fingerprint density at radius 3 is 2.25 bits per heavy atom. The Morgan fingerprint density at radius 1 is 0.900 bits per heavy atom. The van der Waals surface area contributed by atoms with E-state index in [-0.39, 0.29) is 6.10 Å². The van der Waals surface area contributed by atoms with Crippen molar-refractivity contribution in [3.05, 3.63) is 60.2 Å². The van der Waals surface area contributed by atoms with Gasteiger partial charge in [0.1, 0.15) is 0 Å². The second-order valence-electron chi connectivity index (χ2n) is 5.34. The molecule has 3 rings (SSSR count). The number of thioether (sulfide) groups is 1. The summed E-state index contributed by atoms with van der Waals surface area (Å²) >= 11 is 1.92. The molecular formula is C18H20OS. The highest BCUT2D eigenvalue weighted by atomic mass is 32.2. The SMILES string of the molecule is OC(c1ccc(-c2ccccc2)cc1)C1CCCCS1. The molecule has 104 valence electrons. The number of rotatable bonds is 3. The maximum Gasteiger partial charge on any atom is 0.0908 e. The van der Waals surface area contributed by atoms with E-state index >= 15 is 0 Å². The van der Waals surface area contributed by atoms with Gasteiger partial charge >= 0.3 is 0 Å². The third-order valence-corrected chi connectivity index (χ3v) is 5.37. The van der Waals surface area contributed by atoms with Crippen molar-refractivity contribution in [1.82, 2.24) is 0 Å². The Bertz CT molecular complexity index is 529. The van der Waals surface area contributed by atoms with Crippen LogP contribution in [0.15, 0.2) is 54.6 Å². The van der Waals surface area contributed by atoms with E-state index < -0.39 is 0 Å². The molecule has 0 bridgehead atoms. The molecule has 0 saturated carbocycles. The number of aliphatic hydroxyl groups excluding tert-OH is 1. The van der Waals surface area contributed by atoms with Crippen molar-refractivity contribution in [3.8, 4) is 11.1 Å². The first-order chi connectivity index (χ1) is 9.84. The third-order valence-electron chi connectivity index (χ3n) is 3.93. The molecule has 0 radical (unpaired) electrons. The molecule has 1 heterocycles. The molecule has 0 amide bonds. The van der Waals surface area contributed by atoms with Gasteiger partial charge in [-0.2, -0.15) is 11.8 Å². The van der Waals surface area contributed by atoms with E-state index in [1.807, 2.05) is 17.8 Å². The van der Waals surface area contributed by atoms with Crippen molar-refractivity contribution >= 4 is 11.8 Å². The van der Waals surface area contributed by atoms with Gasteiger partial charge in [-0.15, -0.1) is 0 Å². The van der Waals surface area contributed by atoms with E-state index in [2.05, 4.69) is 48.5 Å². The van der Waals surface area contributed by atoms with E-state index in [9.17, 15) is 5.11 Å². The molecule has 2 unspecified atom stereocenters. The topological polar surface area (TPSA) is 20.2 Å². The van der Waals surface area contributed by atoms with Crippen LogP contribution >= 0.6 is 11.8 Å². The first-order valence-electron chi connectivity index (χ1n) is 7.29. The quantitative estimate of drug-likeness (QED) is 0.883. The lowest BCUT2D eigenvalue weighted by Crippen LogP contribution is -2.18. The Morgan fingerprint density at radius 2 is 1.60 bits per heavy atom. The van der Waals surface area contributed by atoms with Gasteiger partial charge in [0.15, 0.2) is 0 Å². The highest BCUT2D eigenvalue weighted by Gasteiger charge is 2.23. The van der Waals surface area contributed by atoms with Gasteiger partial charge in [0.25, 0.3) is 0 Å². The molecule has 1 fully saturated rings. The Balaban J connectivity index is 1.75. The van der Waals surface area contributed by atoms with Crippen LogP contribution in [-0.2, 0) is 0 Å². The molecular weight excluding hydrogens is 264 g/mol. The molecule has 2 atom stereocenters. The van der Waals surface area contributed by atoms with E-state index in [1.54, 1.807) is 0 Å². The normalized spacial score (nSPS) is 20.6. The minimum absolute atomic E-state index is 0.329. The number of hydrogen-bond donors (Lipinski definition) is 1. The lowest BCUT2D eigenvalue weighted by Gasteiger charge is -2.26. The van der Waals surface area contributed by atoms with Crippen LogP contribution < -0.4 is 0 Å². The van der Waals surface area contributed by atoms with Crippen LogP contribution in [0.5, 0.6) is 0 Å². The Kier molecular flexibility index (Phi) is 4.44. The number of benzene rings is 2. The van der Waals surface area contributed by atoms with Crippen LogP contribution in [0, 0.1) is 0 Å². The lowest BCUT2D eigenvalue weighted by atomic mass is 9.99. The third kappa shape index (κ3) is 3.08. The summed E-state index contributed by atoms with van der Waals surface area (Å²) in [6.07, 6.45) is 3.34. The monoisotopic (exact) mass is 284 g/mol. The Labute approximate surface area is 125 Å². The molecule has 2 heteroatoms. The van der Waals surface area contributed by atoms with Gasteiger partial charge in [-0.1, -0.05) is 61.0 Å². The second-order valence-corrected chi connectivity index (χ2v) is 6.68. The summed E-state index contributed by atoms with van der Waals surface area (Å²) in [5.74, 6) is 1.18. The summed E-state index contributed by atoms with van der Waals surface area (Å²) in [5, 5.41) is 10.9. The molecule has 0 aliphatic carbocycles. The molecule has 20 heavy (non-hydrogen) atoms. The van der Waals surface area contributed by atoms with Crippen LogP contribution in [0.4, 0.5) is 0 Å². The van der Waals surface area contributed by atoms with E-state index in [0.29, 0.717) is 5.25 Å². The predicted octanol–water partition coefficient (Wildman–Crippen LogP) is 4.67. The van der Waals surface area contributed by atoms with Crippen LogP contribution in [0.3, 0.4) is 0 Å². The molecule has 1 aliphatic rings. The first-order valence-corrected chi connectivity index (χ1v) is 8.34. The molecule has 0 aromatic heterocycles. The van der Waals surface area contributed by atoms with Crippen LogP contribution in [0.1, 0.15) is 30.9 Å². The molecule has 2 aromatic carbocycles. The average Bonchev–Trinajstić information content (AvgIpc) is 2.56. The van der Waals surface area contributed by atoms with Gasteiger partial charge in [0.05, 0.1) is 6.10 Å². The van der Waals surface area contributed by atoms with Crippen molar-refractivity contribution in [2.45, 2.75) is 30.6 Å². The zero-order valence-electron chi connectivity index (χ0n) is 11.5. The molecule has 1 aliphatic heterocycles. The lowest BCUT2D eigenvalue weighted by molar-refractivity contribution is 0.169. The summed E-state index contributed by atoms with van der Waals surface area (Å²) in [7, 11) is 0. The van der Waals surface area contributed by atoms with Crippen molar-refractivity contribution in [1.29, 1.82) is 0 Å². The smallest absolute Gasteiger partial charge is 0.0908 e. The fraction of sp³-hybridized carbons (Fsp3) is 0.333. The van der Waals surface area contributed by atoms with Crippen molar-refractivity contribution in [2.24, 2.45) is 0 Å². The molecule has 0 spiro atoms. The maximum absolute atomic E-state index is 10.5. The van der Waals surface area contributed by atoms with Gasteiger partial charge in [-0.25, -0.2) is 0 Å². The zero-order valence-corrected chi connectivity index (χ0v) is 12.4. The fourth-order valence-electron chi connectivity index (χ4n) is 2.73. The van der Waals surface area contributed by atoms with Crippen molar-refractivity contribution in [3.63, 3.8) is 0 Å². The molecule has 2 aromatic rings.